The quantitative estimate of drug-likeness (QED) is 0.279. The highest BCUT2D eigenvalue weighted by Gasteiger charge is 2.51. The summed E-state index contributed by atoms with van der Waals surface area (Å²) in [6.45, 7) is 0. The zero-order valence-electron chi connectivity index (χ0n) is 19.9. The zero-order valence-corrected chi connectivity index (χ0v) is 19.9. The van der Waals surface area contributed by atoms with Crippen molar-refractivity contribution in [1.82, 2.24) is 0 Å². The van der Waals surface area contributed by atoms with Crippen molar-refractivity contribution in [2.45, 2.75) is 24.7 Å². The van der Waals surface area contributed by atoms with Crippen LogP contribution in [0.25, 0.3) is 11.1 Å². The molecular formula is C26H8F12N4. The Hall–Kier alpha value is -4.60. The van der Waals surface area contributed by atoms with E-state index >= 15 is 0 Å². The summed E-state index contributed by atoms with van der Waals surface area (Å²) in [5, 5.41) is 17.4. The minimum absolute atomic E-state index is 0.104. The average molecular weight is 604 g/mol. The lowest BCUT2D eigenvalue weighted by molar-refractivity contribution is -0.147. The van der Waals surface area contributed by atoms with Gasteiger partial charge >= 0.3 is 24.7 Å². The van der Waals surface area contributed by atoms with E-state index in [0.29, 0.717) is 12.2 Å². The predicted octanol–water partition coefficient (Wildman–Crippen LogP) is 5.77. The summed E-state index contributed by atoms with van der Waals surface area (Å²) in [5.74, 6) is -4.81. The third-order valence-corrected chi connectivity index (χ3v) is 6.96. The van der Waals surface area contributed by atoms with Crippen LogP contribution in [-0.2, 0) is 0 Å². The average Bonchev–Trinajstić information content (AvgIpc) is 3.32. The number of allylic oxidation sites excluding steroid dienone is 8. The van der Waals surface area contributed by atoms with Gasteiger partial charge in [0.15, 0.2) is 0 Å². The Labute approximate surface area is 225 Å². The fraction of sp³-hybridized carbons (Fsp3) is 0.231. The molecule has 0 fully saturated rings. The Balaban J connectivity index is 1.93. The first-order valence-electron chi connectivity index (χ1n) is 11.3. The molecule has 0 saturated heterocycles. The molecule has 0 N–H and O–H groups in total. The summed E-state index contributed by atoms with van der Waals surface area (Å²) in [6.07, 6.45) is -18.3. The number of halogens is 12. The van der Waals surface area contributed by atoms with E-state index in [1.165, 1.54) is 12.4 Å². The number of nitrogens with zero attached hydrogens (tertiary/aromatic N) is 4. The summed E-state index contributed by atoms with van der Waals surface area (Å²) in [6, 6.07) is 1.62. The molecule has 0 saturated carbocycles. The van der Waals surface area contributed by atoms with E-state index in [2.05, 4.69) is 9.98 Å². The van der Waals surface area contributed by atoms with Gasteiger partial charge in [0.2, 0.25) is 12.4 Å². The number of benzene rings is 1. The second-order valence-electron chi connectivity index (χ2n) is 9.28. The van der Waals surface area contributed by atoms with Crippen LogP contribution in [0.4, 0.5) is 52.7 Å². The normalized spacial score (nSPS) is 23.8. The first-order chi connectivity index (χ1) is 19.3. The number of rotatable bonds is 0. The van der Waals surface area contributed by atoms with Gasteiger partial charge in [-0.2, -0.15) is 73.2 Å². The standard InChI is InChI=1S/C26H8F12N4/c27-23(28,29)9-1-15-19(17(3-9)25(33,34)35)11-5-14-12(6-13(11)21(15)41-7-39)20-16(22(14)42-8-40)2-10(24(30,31)32)4-18(20)26(36,37)38/h1-6,15,18H. The number of alkyl halides is 12. The third-order valence-electron chi connectivity index (χ3n) is 6.96. The molecule has 1 aromatic carbocycles. The van der Waals surface area contributed by atoms with Gasteiger partial charge in [0.1, 0.15) is 5.92 Å². The zero-order chi connectivity index (χ0) is 31.2. The highest BCUT2D eigenvalue weighted by Crippen LogP contribution is 2.48. The number of hydrogen-bond acceptors (Lipinski definition) is 4. The van der Waals surface area contributed by atoms with Crippen LogP contribution in [0.5, 0.6) is 0 Å². The largest absolute Gasteiger partial charge is 0.416 e. The third kappa shape index (κ3) is 4.42. The highest BCUT2D eigenvalue weighted by molar-refractivity contribution is 6.26. The Morgan fingerprint density at radius 2 is 1.19 bits per heavy atom. The summed E-state index contributed by atoms with van der Waals surface area (Å²) in [7, 11) is 0. The topological polar surface area (TPSA) is 72.3 Å². The lowest BCUT2D eigenvalue weighted by atomic mass is 9.84. The molecule has 216 valence electrons. The van der Waals surface area contributed by atoms with Crippen LogP contribution in [0, 0.1) is 34.7 Å². The summed E-state index contributed by atoms with van der Waals surface area (Å²) in [4.78, 5) is 6.75. The minimum Gasteiger partial charge on any atom is -0.177 e. The van der Waals surface area contributed by atoms with Gasteiger partial charge in [-0.1, -0.05) is 12.2 Å². The van der Waals surface area contributed by atoms with E-state index < -0.39 is 103 Å². The molecule has 4 aliphatic rings. The van der Waals surface area contributed by atoms with Crippen LogP contribution in [0.15, 0.2) is 68.7 Å². The van der Waals surface area contributed by atoms with Crippen LogP contribution in [0.1, 0.15) is 11.1 Å². The van der Waals surface area contributed by atoms with E-state index in [-0.39, 0.29) is 12.2 Å². The molecule has 2 atom stereocenters. The molecule has 0 aromatic heterocycles. The van der Waals surface area contributed by atoms with Crippen molar-refractivity contribution in [3.63, 3.8) is 0 Å². The number of fused-ring (bicyclic) bond motifs is 4. The molecule has 0 spiro atoms. The van der Waals surface area contributed by atoms with Gasteiger partial charge in [-0.05, 0) is 45.9 Å². The molecule has 0 amide bonds. The molecule has 4 nitrogen and oxygen atoms in total. The fourth-order valence-electron chi connectivity index (χ4n) is 5.43. The molecule has 1 aromatic rings. The fourth-order valence-corrected chi connectivity index (χ4v) is 5.43. The maximum atomic E-state index is 14.1. The van der Waals surface area contributed by atoms with Crippen molar-refractivity contribution < 1.29 is 52.7 Å². The van der Waals surface area contributed by atoms with Gasteiger partial charge in [-0.25, -0.2) is 0 Å². The molecule has 0 bridgehead atoms. The second kappa shape index (κ2) is 8.95. The molecular weight excluding hydrogens is 596 g/mol. The van der Waals surface area contributed by atoms with Crippen LogP contribution < -0.4 is 10.4 Å². The van der Waals surface area contributed by atoms with E-state index in [1.807, 2.05) is 0 Å². The van der Waals surface area contributed by atoms with Crippen molar-refractivity contribution in [2.75, 3.05) is 0 Å². The Morgan fingerprint density at radius 3 is 1.71 bits per heavy atom. The van der Waals surface area contributed by atoms with Crippen LogP contribution in [-0.4, -0.2) is 36.1 Å². The van der Waals surface area contributed by atoms with E-state index in [0.717, 1.165) is 12.1 Å². The van der Waals surface area contributed by atoms with Crippen LogP contribution in [0.3, 0.4) is 0 Å². The Kier molecular flexibility index (Phi) is 6.16. The molecule has 0 aliphatic heterocycles. The summed E-state index contributed by atoms with van der Waals surface area (Å²) >= 11 is 0. The molecule has 2 unspecified atom stereocenters. The molecule has 0 radical (unpaired) electrons. The van der Waals surface area contributed by atoms with Crippen LogP contribution >= 0.6 is 0 Å². The van der Waals surface area contributed by atoms with Crippen molar-refractivity contribution in [3.8, 4) is 12.4 Å². The van der Waals surface area contributed by atoms with E-state index in [4.69, 9.17) is 0 Å². The monoisotopic (exact) mass is 604 g/mol. The first kappa shape index (κ1) is 28.9. The van der Waals surface area contributed by atoms with Crippen LogP contribution in [0.2, 0.25) is 0 Å². The van der Waals surface area contributed by atoms with Gasteiger partial charge in [0, 0.05) is 22.6 Å². The van der Waals surface area contributed by atoms with Gasteiger partial charge in [0.25, 0.3) is 0 Å². The minimum atomic E-state index is -5.39. The number of aliphatic imine (C=N–C) groups is 2. The predicted molar refractivity (Wildman–Crippen MR) is 120 cm³/mol. The number of nitriles is 2. The summed E-state index contributed by atoms with van der Waals surface area (Å²) in [5.41, 5.74) is -9.84. The lowest BCUT2D eigenvalue weighted by Crippen LogP contribution is -2.30. The highest BCUT2D eigenvalue weighted by atomic mass is 19.4. The van der Waals surface area contributed by atoms with Crippen molar-refractivity contribution in [1.29, 1.82) is 10.5 Å². The number of hydrogen-bond donors (Lipinski definition) is 0. The van der Waals surface area contributed by atoms with Gasteiger partial charge < -0.3 is 0 Å². The van der Waals surface area contributed by atoms with Gasteiger partial charge in [0.05, 0.1) is 28.1 Å². The molecule has 5 rings (SSSR count). The molecule has 4 aliphatic carbocycles. The Morgan fingerprint density at radius 1 is 0.643 bits per heavy atom. The van der Waals surface area contributed by atoms with Crippen molar-refractivity contribution >= 4 is 22.6 Å². The van der Waals surface area contributed by atoms with E-state index in [1.54, 1.807) is 0 Å². The van der Waals surface area contributed by atoms with Gasteiger partial charge in [-0.15, -0.1) is 0 Å². The maximum Gasteiger partial charge on any atom is 0.416 e. The molecule has 42 heavy (non-hydrogen) atoms. The molecule has 16 heteroatoms. The van der Waals surface area contributed by atoms with E-state index in [9.17, 15) is 63.2 Å². The SMILES string of the molecule is N#CN=C1C2=CC(C(F)(F)F)=CC(C(F)(F)F)C2=c2cc3c(cc21)=C1C(C(F)(F)F)=CC(C(F)(F)F)=CC1C3=NC#N. The lowest BCUT2D eigenvalue weighted by Gasteiger charge is -2.25. The second-order valence-corrected chi connectivity index (χ2v) is 9.28. The summed E-state index contributed by atoms with van der Waals surface area (Å²) < 4.78 is 166. The Bertz CT molecular complexity index is 1830. The first-order valence-corrected chi connectivity index (χ1v) is 11.3. The molecule has 0 heterocycles. The van der Waals surface area contributed by atoms with Crippen molar-refractivity contribution in [3.05, 3.63) is 80.3 Å². The van der Waals surface area contributed by atoms with Crippen molar-refractivity contribution in [2.24, 2.45) is 21.8 Å². The smallest absolute Gasteiger partial charge is 0.177 e. The van der Waals surface area contributed by atoms with Gasteiger partial charge in [-0.3, -0.25) is 0 Å². The maximum absolute atomic E-state index is 14.1.